The number of carbonyl (C=O) groups excluding carboxylic acids is 2. The molecule has 2 aliphatic heterocycles. The quantitative estimate of drug-likeness (QED) is 0.129. The molecule has 0 unspecified atom stereocenters. The van der Waals surface area contributed by atoms with Crippen molar-refractivity contribution in [3.63, 3.8) is 0 Å². The first-order valence-corrected chi connectivity index (χ1v) is 18.3. The van der Waals surface area contributed by atoms with Crippen molar-refractivity contribution in [2.24, 2.45) is 0 Å². The summed E-state index contributed by atoms with van der Waals surface area (Å²) in [5.74, 6) is -0.443. The third-order valence-electron chi connectivity index (χ3n) is 10.9. The fraction of sp³-hybridized carbons (Fsp3) is 0.286. The van der Waals surface area contributed by atoms with E-state index in [9.17, 15) is 9.59 Å². The molecular formula is C42H40B4N2O8. The Kier molecular flexibility index (Phi) is 10.2. The van der Waals surface area contributed by atoms with Crippen LogP contribution in [0.25, 0.3) is 22.5 Å². The van der Waals surface area contributed by atoms with Gasteiger partial charge in [-0.2, -0.15) is 0 Å². The Morgan fingerprint density at radius 2 is 0.857 bits per heavy atom. The molecule has 2 fully saturated rings. The van der Waals surface area contributed by atoms with E-state index in [0.29, 0.717) is 44.7 Å². The number of hydrogen-bond donors (Lipinski definition) is 0. The van der Waals surface area contributed by atoms with Crippen molar-refractivity contribution >= 4 is 63.7 Å². The summed E-state index contributed by atoms with van der Waals surface area (Å²) in [5.41, 5.74) is 3.31. The van der Waals surface area contributed by atoms with Crippen molar-refractivity contribution in [3.05, 3.63) is 108 Å². The van der Waals surface area contributed by atoms with Crippen LogP contribution in [0.15, 0.2) is 97.3 Å². The van der Waals surface area contributed by atoms with Crippen LogP contribution in [-0.4, -0.2) is 74.2 Å². The summed E-state index contributed by atoms with van der Waals surface area (Å²) in [6.07, 6.45) is 1.47. The molecule has 0 N–H and O–H groups in total. The van der Waals surface area contributed by atoms with E-state index in [1.165, 1.54) is 6.33 Å². The Hall–Kier alpha value is -5.00. The monoisotopic (exact) mass is 744 g/mol. The van der Waals surface area contributed by atoms with Crippen molar-refractivity contribution < 1.29 is 37.7 Å². The molecule has 3 heterocycles. The standard InChI is InChI=1S/C42H40B4N2O8/c1-39(2)40(3,4)54-45(53-39)31-19-27(17-29(43)21-31)37(49)51-33-13-9-25(10-14-33)35-23-36(48-24-47-35)26-11-15-34(16-12-26)52-38(50)28-18-30(44)22-32(20-28)46-55-41(5,6)42(7,8)56-46/h9-24H,1-8H3. The van der Waals surface area contributed by atoms with Crippen LogP contribution in [0.5, 0.6) is 11.5 Å². The van der Waals surface area contributed by atoms with Gasteiger partial charge < -0.3 is 28.1 Å². The van der Waals surface area contributed by atoms with E-state index in [1.807, 2.05) is 61.5 Å². The normalized spacial score (nSPS) is 17.8. The van der Waals surface area contributed by atoms with Crippen LogP contribution in [-0.2, 0) is 18.6 Å². The van der Waals surface area contributed by atoms with Gasteiger partial charge >= 0.3 is 26.2 Å². The Morgan fingerprint density at radius 1 is 0.518 bits per heavy atom. The molecule has 0 aliphatic carbocycles. The molecule has 7 rings (SSSR count). The molecule has 4 radical (unpaired) electrons. The molecule has 0 amide bonds. The lowest BCUT2D eigenvalue weighted by atomic mass is 9.75. The second kappa shape index (κ2) is 14.5. The number of carbonyl (C=O) groups is 2. The SMILES string of the molecule is [B]c1cc(B2OC(C)(C)C(C)(C)O2)cc(C(=O)Oc2ccc(-c3cc(-c4ccc(OC(=O)c5cc([B])cc(B6OC(C)(C)C(C)(C)O6)c5)cc4)ncn3)cc2)c1. The maximum absolute atomic E-state index is 13.2. The lowest BCUT2D eigenvalue weighted by Crippen LogP contribution is -2.41. The maximum atomic E-state index is 13.2. The number of rotatable bonds is 8. The Balaban J connectivity index is 0.996. The molecule has 4 aromatic carbocycles. The third kappa shape index (κ3) is 7.97. The van der Waals surface area contributed by atoms with Gasteiger partial charge in [0.2, 0.25) is 0 Å². The third-order valence-corrected chi connectivity index (χ3v) is 10.9. The molecular weight excluding hydrogens is 704 g/mol. The minimum atomic E-state index is -0.675. The van der Waals surface area contributed by atoms with Gasteiger partial charge in [0.15, 0.2) is 0 Å². The first-order valence-electron chi connectivity index (χ1n) is 18.3. The van der Waals surface area contributed by atoms with Gasteiger partial charge in [-0.1, -0.05) is 35.2 Å². The van der Waals surface area contributed by atoms with Crippen molar-refractivity contribution in [1.29, 1.82) is 0 Å². The molecule has 0 atom stereocenters. The fourth-order valence-electron chi connectivity index (χ4n) is 6.21. The molecule has 10 nitrogen and oxygen atoms in total. The molecule has 0 bridgehead atoms. The summed E-state index contributed by atoms with van der Waals surface area (Å²) < 4.78 is 36.0. The van der Waals surface area contributed by atoms with Gasteiger partial charge in [-0.25, -0.2) is 19.6 Å². The molecule has 2 saturated heterocycles. The highest BCUT2D eigenvalue weighted by Crippen LogP contribution is 2.37. The van der Waals surface area contributed by atoms with E-state index in [1.54, 1.807) is 84.9 Å². The molecule has 2 aliphatic rings. The lowest BCUT2D eigenvalue weighted by Gasteiger charge is -2.32. The number of hydrogen-bond acceptors (Lipinski definition) is 10. The van der Waals surface area contributed by atoms with Crippen LogP contribution in [0.1, 0.15) is 76.1 Å². The van der Waals surface area contributed by atoms with Gasteiger partial charge in [-0.05, 0) is 133 Å². The number of nitrogens with zero attached hydrogens (tertiary/aromatic N) is 2. The molecule has 278 valence electrons. The fourth-order valence-corrected chi connectivity index (χ4v) is 6.21. The topological polar surface area (TPSA) is 115 Å². The minimum Gasteiger partial charge on any atom is -0.423 e. The van der Waals surface area contributed by atoms with Gasteiger partial charge in [0, 0.05) is 11.1 Å². The van der Waals surface area contributed by atoms with Gasteiger partial charge in [0.1, 0.15) is 33.5 Å². The Morgan fingerprint density at radius 3 is 1.20 bits per heavy atom. The Labute approximate surface area is 330 Å². The van der Waals surface area contributed by atoms with E-state index in [0.717, 1.165) is 11.1 Å². The van der Waals surface area contributed by atoms with Crippen molar-refractivity contribution in [3.8, 4) is 34.0 Å². The average Bonchev–Trinajstić information content (AvgIpc) is 3.51. The summed E-state index contributed by atoms with van der Waals surface area (Å²) in [4.78, 5) is 35.3. The van der Waals surface area contributed by atoms with Crippen LogP contribution in [0.2, 0.25) is 0 Å². The highest BCUT2D eigenvalue weighted by Gasteiger charge is 2.53. The van der Waals surface area contributed by atoms with E-state index in [2.05, 4.69) is 9.97 Å². The molecule has 0 saturated carbocycles. The zero-order chi connectivity index (χ0) is 40.2. The van der Waals surface area contributed by atoms with Gasteiger partial charge in [-0.15, -0.1) is 0 Å². The highest BCUT2D eigenvalue weighted by atomic mass is 16.7. The largest absolute Gasteiger partial charge is 0.494 e. The van der Waals surface area contributed by atoms with Crippen LogP contribution in [0, 0.1) is 0 Å². The maximum Gasteiger partial charge on any atom is 0.494 e. The molecule has 0 spiro atoms. The first-order chi connectivity index (χ1) is 26.3. The second-order valence-corrected chi connectivity index (χ2v) is 16.1. The zero-order valence-electron chi connectivity index (χ0n) is 32.7. The summed E-state index contributed by atoms with van der Waals surface area (Å²) in [7, 11) is 11.0. The number of aromatic nitrogens is 2. The van der Waals surface area contributed by atoms with Crippen molar-refractivity contribution in [1.82, 2.24) is 9.97 Å². The summed E-state index contributed by atoms with van der Waals surface area (Å²) >= 11 is 0. The lowest BCUT2D eigenvalue weighted by molar-refractivity contribution is 0.00578. The Bertz CT molecular complexity index is 2120. The van der Waals surface area contributed by atoms with Crippen LogP contribution >= 0.6 is 0 Å². The molecule has 1 aromatic heterocycles. The minimum absolute atomic E-state index is 0.275. The van der Waals surface area contributed by atoms with Crippen LogP contribution in [0.4, 0.5) is 0 Å². The highest BCUT2D eigenvalue weighted by molar-refractivity contribution is 6.63. The van der Waals surface area contributed by atoms with Gasteiger partial charge in [-0.3, -0.25) is 0 Å². The van der Waals surface area contributed by atoms with Crippen molar-refractivity contribution in [2.75, 3.05) is 0 Å². The average molecular weight is 744 g/mol. The number of esters is 2. The molecule has 56 heavy (non-hydrogen) atoms. The van der Waals surface area contributed by atoms with Gasteiger partial charge in [0.25, 0.3) is 0 Å². The van der Waals surface area contributed by atoms with Crippen molar-refractivity contribution in [2.45, 2.75) is 77.8 Å². The summed E-state index contributed by atoms with van der Waals surface area (Å²) in [6, 6.07) is 25.8. The van der Waals surface area contributed by atoms with E-state index in [4.69, 9.17) is 43.8 Å². The van der Waals surface area contributed by atoms with Crippen LogP contribution < -0.4 is 31.3 Å². The van der Waals surface area contributed by atoms with E-state index >= 15 is 0 Å². The van der Waals surface area contributed by atoms with E-state index < -0.39 is 48.6 Å². The predicted octanol–water partition coefficient (Wildman–Crippen LogP) is 4.44. The predicted molar refractivity (Wildman–Crippen MR) is 218 cm³/mol. The number of ether oxygens (including phenoxy) is 2. The first kappa shape index (κ1) is 39.2. The van der Waals surface area contributed by atoms with Gasteiger partial charge in [0.05, 0.1) is 44.9 Å². The smallest absolute Gasteiger partial charge is 0.423 e. The summed E-state index contributed by atoms with van der Waals surface area (Å²) in [6.45, 7) is 15.7. The molecule has 5 aromatic rings. The van der Waals surface area contributed by atoms with Crippen LogP contribution in [0.3, 0.4) is 0 Å². The molecule has 14 heteroatoms. The number of benzene rings is 4. The summed E-state index contributed by atoms with van der Waals surface area (Å²) in [5, 5.41) is 0. The van der Waals surface area contributed by atoms with E-state index in [-0.39, 0.29) is 11.1 Å². The second-order valence-electron chi connectivity index (χ2n) is 16.1. The zero-order valence-corrected chi connectivity index (χ0v) is 32.7.